The third-order valence-corrected chi connectivity index (χ3v) is 5.37. The normalized spacial score (nSPS) is 11.7. The minimum atomic E-state index is -0.651. The molecule has 0 bridgehead atoms. The zero-order valence-electron chi connectivity index (χ0n) is 19.2. The van der Waals surface area contributed by atoms with E-state index in [-0.39, 0.29) is 28.9 Å². The summed E-state index contributed by atoms with van der Waals surface area (Å²) in [6.07, 6.45) is 0.736. The van der Waals surface area contributed by atoms with Crippen molar-refractivity contribution in [1.29, 1.82) is 0 Å². The number of benzene rings is 2. The maximum Gasteiger partial charge on any atom is 0.327 e. The lowest BCUT2D eigenvalue weighted by Crippen LogP contribution is -2.45. The average Bonchev–Trinajstić information content (AvgIpc) is 2.81. The van der Waals surface area contributed by atoms with Gasteiger partial charge < -0.3 is 19.5 Å². The molecule has 0 aromatic heterocycles. The van der Waals surface area contributed by atoms with Crippen LogP contribution < -0.4 is 19.5 Å². The molecule has 174 valence electrons. The maximum atomic E-state index is 13.1. The Balaban J connectivity index is 2.35. The Labute approximate surface area is 188 Å². The molecule has 0 spiro atoms. The van der Waals surface area contributed by atoms with Gasteiger partial charge in [0.2, 0.25) is 11.5 Å². The molecule has 9 heteroatoms. The summed E-state index contributed by atoms with van der Waals surface area (Å²) in [5, 5.41) is 14.7. The number of hydrogen-bond donors (Lipinski definition) is 1. The summed E-state index contributed by atoms with van der Waals surface area (Å²) in [4.78, 5) is 26.5. The molecule has 9 nitrogen and oxygen atoms in total. The van der Waals surface area contributed by atoms with Crippen LogP contribution in [0.15, 0.2) is 36.4 Å². The summed E-state index contributed by atoms with van der Waals surface area (Å²) in [6, 6.07) is 11.3. The van der Waals surface area contributed by atoms with Gasteiger partial charge in [0.15, 0.2) is 5.75 Å². The van der Waals surface area contributed by atoms with E-state index in [2.05, 4.69) is 24.1 Å². The largest absolute Gasteiger partial charge is 0.493 e. The smallest absolute Gasteiger partial charge is 0.327 e. The number of nitrogens with zero attached hydrogens (tertiary/aromatic N) is 2. The monoisotopic (exact) mass is 445 g/mol. The first-order valence-corrected chi connectivity index (χ1v) is 10.4. The fraction of sp³-hybridized carbons (Fsp3) is 0.435. The van der Waals surface area contributed by atoms with E-state index in [0.29, 0.717) is 6.54 Å². The molecule has 1 amide bonds. The molecule has 0 fully saturated rings. The molecule has 0 saturated heterocycles. The first kappa shape index (κ1) is 24.9. The fourth-order valence-electron chi connectivity index (χ4n) is 3.76. The third-order valence-electron chi connectivity index (χ3n) is 5.37. The van der Waals surface area contributed by atoms with E-state index in [1.807, 2.05) is 30.3 Å². The third kappa shape index (κ3) is 5.67. The maximum absolute atomic E-state index is 13.1. The molecule has 0 heterocycles. The van der Waals surface area contributed by atoms with Crippen LogP contribution in [0.2, 0.25) is 0 Å². The summed E-state index contributed by atoms with van der Waals surface area (Å²) in [5.74, 6) is -0.513. The number of nitro groups is 1. The number of rotatable bonds is 12. The molecule has 2 aromatic carbocycles. The summed E-state index contributed by atoms with van der Waals surface area (Å²) < 4.78 is 15.7. The second-order valence-corrected chi connectivity index (χ2v) is 7.07. The van der Waals surface area contributed by atoms with Crippen molar-refractivity contribution in [3.8, 4) is 17.2 Å². The van der Waals surface area contributed by atoms with E-state index in [4.69, 9.17) is 14.2 Å². The van der Waals surface area contributed by atoms with Crippen LogP contribution in [0.4, 0.5) is 5.69 Å². The van der Waals surface area contributed by atoms with Crippen molar-refractivity contribution in [2.45, 2.75) is 26.3 Å². The summed E-state index contributed by atoms with van der Waals surface area (Å²) >= 11 is 0. The van der Waals surface area contributed by atoms with Crippen LogP contribution in [0.5, 0.6) is 17.2 Å². The van der Waals surface area contributed by atoms with E-state index in [0.717, 1.165) is 25.1 Å². The molecular formula is C23H31N3O6. The zero-order chi connectivity index (χ0) is 23.7. The summed E-state index contributed by atoms with van der Waals surface area (Å²) in [5.41, 5.74) is 0.532. The van der Waals surface area contributed by atoms with Crippen LogP contribution in [0.25, 0.3) is 0 Å². The van der Waals surface area contributed by atoms with Crippen LogP contribution in [0.3, 0.4) is 0 Å². The number of amides is 1. The van der Waals surface area contributed by atoms with Crippen molar-refractivity contribution in [3.05, 3.63) is 57.6 Å². The van der Waals surface area contributed by atoms with Gasteiger partial charge in [-0.15, -0.1) is 0 Å². The number of carbonyl (C=O) groups excluding carboxylic acids is 1. The zero-order valence-corrected chi connectivity index (χ0v) is 19.2. The molecule has 32 heavy (non-hydrogen) atoms. The van der Waals surface area contributed by atoms with Gasteiger partial charge in [-0.25, -0.2) is 0 Å². The Hall–Kier alpha value is -3.33. The lowest BCUT2D eigenvalue weighted by Gasteiger charge is -2.30. The highest BCUT2D eigenvalue weighted by Crippen LogP contribution is 2.46. The Kier molecular flexibility index (Phi) is 9.27. The summed E-state index contributed by atoms with van der Waals surface area (Å²) in [6.45, 7) is 6.08. The standard InChI is InChI=1S/C23H31N3O6/c1-6-25(7-2)17(13-16-11-9-8-10-12-16)15-24-23(27)18-14-19(30-3)21(31-4)22(32-5)20(18)26(28)29/h8-12,14,17H,6-7,13,15H2,1-5H3,(H,24,27). The quantitative estimate of drug-likeness (QED) is 0.395. The molecule has 0 aliphatic carbocycles. The SMILES string of the molecule is CCN(CC)C(CNC(=O)c1cc(OC)c(OC)c(OC)c1[N+](=O)[O-])Cc1ccccc1. The number of likely N-dealkylation sites (N-methyl/N-ethyl adjacent to an activating group) is 1. The second kappa shape index (κ2) is 11.9. The van der Waals surface area contributed by atoms with Crippen molar-refractivity contribution < 1.29 is 23.9 Å². The van der Waals surface area contributed by atoms with Crippen molar-refractivity contribution in [2.24, 2.45) is 0 Å². The lowest BCUT2D eigenvalue weighted by atomic mass is 10.0. The van der Waals surface area contributed by atoms with Crippen molar-refractivity contribution in [3.63, 3.8) is 0 Å². The van der Waals surface area contributed by atoms with E-state index in [1.54, 1.807) is 0 Å². The van der Waals surface area contributed by atoms with Crippen LogP contribution >= 0.6 is 0 Å². The van der Waals surface area contributed by atoms with Gasteiger partial charge in [0.05, 0.1) is 26.3 Å². The van der Waals surface area contributed by atoms with E-state index < -0.39 is 16.5 Å². The Morgan fingerprint density at radius 3 is 2.19 bits per heavy atom. The van der Waals surface area contributed by atoms with Crippen LogP contribution in [0, 0.1) is 10.1 Å². The van der Waals surface area contributed by atoms with Gasteiger partial charge in [0.25, 0.3) is 5.91 Å². The van der Waals surface area contributed by atoms with Gasteiger partial charge in [-0.2, -0.15) is 0 Å². The highest BCUT2D eigenvalue weighted by molar-refractivity contribution is 6.00. The van der Waals surface area contributed by atoms with E-state index in [9.17, 15) is 14.9 Å². The average molecular weight is 446 g/mol. The predicted molar refractivity (Wildman–Crippen MR) is 122 cm³/mol. The van der Waals surface area contributed by atoms with Crippen molar-refractivity contribution >= 4 is 11.6 Å². The van der Waals surface area contributed by atoms with E-state index >= 15 is 0 Å². The van der Waals surface area contributed by atoms with Crippen LogP contribution in [0.1, 0.15) is 29.8 Å². The number of carbonyl (C=O) groups is 1. The van der Waals surface area contributed by atoms with Gasteiger partial charge in [0, 0.05) is 18.7 Å². The number of methoxy groups -OCH3 is 3. The number of hydrogen-bond acceptors (Lipinski definition) is 7. The first-order chi connectivity index (χ1) is 15.4. The molecule has 2 aromatic rings. The van der Waals surface area contributed by atoms with Gasteiger partial charge in [-0.3, -0.25) is 19.8 Å². The van der Waals surface area contributed by atoms with E-state index in [1.165, 1.54) is 27.4 Å². The van der Waals surface area contributed by atoms with Gasteiger partial charge in [-0.1, -0.05) is 44.2 Å². The molecule has 0 radical (unpaired) electrons. The molecule has 2 rings (SSSR count). The number of nitro benzene ring substituents is 1. The number of nitrogens with one attached hydrogen (secondary N) is 1. The lowest BCUT2D eigenvalue weighted by molar-refractivity contribution is -0.386. The molecule has 1 N–H and O–H groups in total. The van der Waals surface area contributed by atoms with Crippen molar-refractivity contribution in [1.82, 2.24) is 10.2 Å². The highest BCUT2D eigenvalue weighted by atomic mass is 16.6. The van der Waals surface area contributed by atoms with Crippen molar-refractivity contribution in [2.75, 3.05) is 41.0 Å². The molecule has 1 atom stereocenters. The Bertz CT molecular complexity index is 916. The fourth-order valence-corrected chi connectivity index (χ4v) is 3.76. The molecule has 0 aliphatic heterocycles. The van der Waals surface area contributed by atoms with Gasteiger partial charge in [0.1, 0.15) is 5.56 Å². The molecule has 0 saturated carbocycles. The number of ether oxygens (including phenoxy) is 3. The Morgan fingerprint density at radius 1 is 1.06 bits per heavy atom. The summed E-state index contributed by atoms with van der Waals surface area (Å²) in [7, 11) is 4.02. The minimum Gasteiger partial charge on any atom is -0.493 e. The molecule has 1 unspecified atom stereocenters. The predicted octanol–water partition coefficient (Wildman–Crippen LogP) is 3.30. The Morgan fingerprint density at radius 2 is 1.69 bits per heavy atom. The van der Waals surface area contributed by atoms with Crippen LogP contribution in [-0.2, 0) is 6.42 Å². The highest BCUT2D eigenvalue weighted by Gasteiger charge is 2.32. The first-order valence-electron chi connectivity index (χ1n) is 10.4. The molecule has 0 aliphatic rings. The van der Waals surface area contributed by atoms with Gasteiger partial charge in [-0.05, 0) is 25.1 Å². The molecular weight excluding hydrogens is 414 g/mol. The topological polar surface area (TPSA) is 103 Å². The minimum absolute atomic E-state index is 0.0254. The second-order valence-electron chi connectivity index (χ2n) is 7.07. The van der Waals surface area contributed by atoms with Gasteiger partial charge >= 0.3 is 5.69 Å². The van der Waals surface area contributed by atoms with Crippen LogP contribution in [-0.4, -0.2) is 62.7 Å².